The number of hydrogen-bond donors (Lipinski definition) is 0. The minimum atomic E-state index is 0. The van der Waals surface area contributed by atoms with Crippen LogP contribution in [0.5, 0.6) is 0 Å². The minimum absolute atomic E-state index is 0. The van der Waals surface area contributed by atoms with Gasteiger partial charge in [0.15, 0.2) is 0 Å². The van der Waals surface area contributed by atoms with Gasteiger partial charge < -0.3 is 24.8 Å². The third-order valence-electron chi connectivity index (χ3n) is 3.60. The normalized spacial score (nSPS) is 11.0. The zero-order chi connectivity index (χ0) is 17.5. The maximum absolute atomic E-state index is 2.99. The van der Waals surface area contributed by atoms with Gasteiger partial charge in [0.1, 0.15) is 0 Å². The first-order chi connectivity index (χ1) is 11.5. The van der Waals surface area contributed by atoms with Crippen LogP contribution in [0.2, 0.25) is 13.1 Å². The summed E-state index contributed by atoms with van der Waals surface area (Å²) in [5, 5.41) is 5.46. The number of halogens is 2. The molecule has 0 saturated carbocycles. The summed E-state index contributed by atoms with van der Waals surface area (Å²) in [6.45, 7) is 8.90. The summed E-state index contributed by atoms with van der Waals surface area (Å²) in [6, 6.07) is 15.6. The van der Waals surface area contributed by atoms with Crippen molar-refractivity contribution in [1.82, 2.24) is 0 Å². The molecule has 0 aromatic heterocycles. The summed E-state index contributed by atoms with van der Waals surface area (Å²) in [5.41, 5.74) is 2.87. The summed E-state index contributed by atoms with van der Waals surface area (Å²) >= 11 is 1.74. The smallest absolute Gasteiger partial charge is 0.0469 e. The van der Waals surface area contributed by atoms with E-state index in [1.807, 2.05) is 12.2 Å². The molecule has 136 valence electrons. The molecule has 0 radical (unpaired) electrons. The molecule has 4 heteroatoms. The Bertz CT molecular complexity index is 837. The van der Waals surface area contributed by atoms with Crippen LogP contribution in [0, 0.1) is 19.9 Å². The molecular formula is C22H24Cl2SiZr-2. The number of rotatable bonds is 0. The Hall–Kier alpha value is -0.530. The van der Waals surface area contributed by atoms with Crippen molar-refractivity contribution in [2.45, 2.75) is 33.4 Å². The first kappa shape index (κ1) is 25.5. The van der Waals surface area contributed by atoms with Gasteiger partial charge in [0.25, 0.3) is 0 Å². The van der Waals surface area contributed by atoms with E-state index in [1.165, 1.54) is 32.7 Å². The predicted octanol–water partition coefficient (Wildman–Crippen LogP) is 0.427. The average Bonchev–Trinajstić information content (AvgIpc) is 3.16. The molecule has 0 amide bonds. The Morgan fingerprint density at radius 1 is 0.923 bits per heavy atom. The van der Waals surface area contributed by atoms with Gasteiger partial charge in [0.05, 0.1) is 0 Å². The van der Waals surface area contributed by atoms with Crippen LogP contribution in [0.15, 0.2) is 60.7 Å². The second kappa shape index (κ2) is 12.8. The van der Waals surface area contributed by atoms with Crippen molar-refractivity contribution in [3.63, 3.8) is 0 Å². The van der Waals surface area contributed by atoms with E-state index < -0.39 is 0 Å². The maximum Gasteiger partial charge on any atom is -0.0469 e. The van der Waals surface area contributed by atoms with Crippen LogP contribution in [0.3, 0.4) is 0 Å². The van der Waals surface area contributed by atoms with E-state index >= 15 is 0 Å². The zero-order valence-corrected chi connectivity index (χ0v) is 20.7. The molecule has 0 bridgehead atoms. The largest absolute Gasteiger partial charge is 1.00 e. The molecule has 0 saturated heterocycles. The van der Waals surface area contributed by atoms with Gasteiger partial charge >= 0.3 is 41.9 Å². The molecule has 0 fully saturated rings. The number of fused-ring (bicyclic) bond motifs is 3. The van der Waals surface area contributed by atoms with Crippen LogP contribution < -0.4 is 24.8 Å². The summed E-state index contributed by atoms with van der Waals surface area (Å²) in [5.74, 6) is 0. The van der Waals surface area contributed by atoms with Gasteiger partial charge in [-0.1, -0.05) is 35.4 Å². The summed E-state index contributed by atoms with van der Waals surface area (Å²) in [7, 11) is 0. The fraction of sp³-hybridized carbons (Fsp3) is 0.227. The topological polar surface area (TPSA) is 0 Å². The molecule has 0 N–H and O–H groups in total. The minimum Gasteiger partial charge on any atom is -1.00 e. The van der Waals surface area contributed by atoms with E-state index in [0.717, 1.165) is 6.42 Å². The standard InChI is InChI=1S/C15H13.C5H5.C2H6Si.2ClH.Zr/c1-10-3-5-14-12(7-10)9-13-8-11(2)4-6-15(13)14;1-2-4-5-3-1;1-3-2;;;/h3-9H,1-2H3;1-3H,4H2;1-2H3;2*1H;/q2*-1;;;;+2/p-2. The summed E-state index contributed by atoms with van der Waals surface area (Å²) in [4.78, 5) is 0. The van der Waals surface area contributed by atoms with Crippen molar-refractivity contribution >= 4 is 27.0 Å². The van der Waals surface area contributed by atoms with Crippen molar-refractivity contribution in [2.75, 3.05) is 0 Å². The van der Waals surface area contributed by atoms with Gasteiger partial charge in [0, 0.05) is 0 Å². The van der Waals surface area contributed by atoms with Crippen LogP contribution in [0.4, 0.5) is 0 Å². The number of benzene rings is 2. The maximum atomic E-state index is 2.99. The second-order valence-electron chi connectivity index (χ2n) is 6.33. The van der Waals surface area contributed by atoms with Gasteiger partial charge in [-0.05, 0) is 13.8 Å². The van der Waals surface area contributed by atoms with Crippen molar-refractivity contribution in [3.05, 3.63) is 77.9 Å². The van der Waals surface area contributed by atoms with Crippen molar-refractivity contribution in [3.8, 4) is 0 Å². The molecule has 1 aliphatic rings. The quantitative estimate of drug-likeness (QED) is 0.325. The first-order valence-electron chi connectivity index (χ1n) is 8.27. The number of hydrogen-bond acceptors (Lipinski definition) is 0. The molecule has 4 rings (SSSR count). The SMILES string of the molecule is C[Si](C)=[Zr+2].Cc1ccc2c(c1)[cH-]c1cc(C)ccc12.[C-]1=CC=CC1.[Cl-].[Cl-]. The number of aryl methyl sites for hydroxylation is 2. The monoisotopic (exact) mass is 476 g/mol. The second-order valence-corrected chi connectivity index (χ2v) is 15.7. The molecule has 0 atom stereocenters. The fourth-order valence-electron chi connectivity index (χ4n) is 2.60. The van der Waals surface area contributed by atoms with Gasteiger partial charge in [-0.25, -0.2) is 12.2 Å². The Balaban J connectivity index is 0.000000480. The van der Waals surface area contributed by atoms with E-state index in [1.54, 1.807) is 23.3 Å². The predicted molar refractivity (Wildman–Crippen MR) is 106 cm³/mol. The fourth-order valence-corrected chi connectivity index (χ4v) is 2.60. The number of allylic oxidation sites excluding steroid dienone is 4. The van der Waals surface area contributed by atoms with Crippen LogP contribution in [0.25, 0.3) is 21.5 Å². The molecule has 1 aliphatic carbocycles. The summed E-state index contributed by atoms with van der Waals surface area (Å²) < 4.78 is 0. The molecule has 3 aromatic carbocycles. The van der Waals surface area contributed by atoms with Crippen LogP contribution >= 0.6 is 0 Å². The van der Waals surface area contributed by atoms with E-state index in [4.69, 9.17) is 0 Å². The van der Waals surface area contributed by atoms with Crippen molar-refractivity contribution in [2.24, 2.45) is 0 Å². The molecule has 0 unspecified atom stereocenters. The van der Waals surface area contributed by atoms with E-state index in [9.17, 15) is 0 Å². The van der Waals surface area contributed by atoms with E-state index in [0.29, 0.717) is 0 Å². The van der Waals surface area contributed by atoms with Crippen molar-refractivity contribution < 1.29 is 48.1 Å². The van der Waals surface area contributed by atoms with Gasteiger partial charge in [-0.3, -0.25) is 6.08 Å². The average molecular weight is 479 g/mol. The van der Waals surface area contributed by atoms with Crippen molar-refractivity contribution in [1.29, 1.82) is 0 Å². The molecule has 0 spiro atoms. The van der Waals surface area contributed by atoms with Gasteiger partial charge in [-0.2, -0.15) is 6.08 Å². The zero-order valence-electron chi connectivity index (χ0n) is 15.7. The third-order valence-corrected chi connectivity index (χ3v) is 3.60. The van der Waals surface area contributed by atoms with Crippen LogP contribution in [0.1, 0.15) is 17.5 Å². The molecule has 26 heavy (non-hydrogen) atoms. The molecule has 3 aromatic rings. The summed E-state index contributed by atoms with van der Waals surface area (Å²) in [6.07, 6.45) is 10.0. The third kappa shape index (κ3) is 8.01. The Labute approximate surface area is 185 Å². The molecule has 0 nitrogen and oxygen atoms in total. The van der Waals surface area contributed by atoms with Crippen LogP contribution in [-0.4, -0.2) is 5.43 Å². The Kier molecular flexibility index (Phi) is 12.5. The van der Waals surface area contributed by atoms with E-state index in [2.05, 4.69) is 81.6 Å². The molecule has 0 aliphatic heterocycles. The first-order valence-corrected chi connectivity index (χ1v) is 14.5. The Morgan fingerprint density at radius 3 is 1.69 bits per heavy atom. The Morgan fingerprint density at radius 2 is 1.38 bits per heavy atom. The molecular weight excluding hydrogens is 454 g/mol. The van der Waals surface area contributed by atoms with Gasteiger partial charge in [-0.15, -0.1) is 46.2 Å². The van der Waals surface area contributed by atoms with E-state index in [-0.39, 0.29) is 30.2 Å². The van der Waals surface area contributed by atoms with Gasteiger partial charge in [0.2, 0.25) is 0 Å². The van der Waals surface area contributed by atoms with Crippen LogP contribution in [-0.2, 0) is 23.3 Å². The molecule has 0 heterocycles.